The van der Waals surface area contributed by atoms with E-state index >= 15 is 0 Å². The molecule has 2 amide bonds. The van der Waals surface area contributed by atoms with Crippen LogP contribution in [0.4, 0.5) is 27.6 Å². The number of pyridine rings is 1. The number of rotatable bonds is 6. The van der Waals surface area contributed by atoms with Crippen molar-refractivity contribution in [3.8, 4) is 5.75 Å². The maximum Gasteiger partial charge on any atom is 0.417 e. The molecule has 12 heteroatoms. The fraction of sp³-hybridized carbons (Fsp3) is 0.381. The third kappa shape index (κ3) is 4.47. The minimum atomic E-state index is -4.85. The fourth-order valence-corrected chi connectivity index (χ4v) is 3.86. The monoisotopic (exact) mass is 473 g/mol. The van der Waals surface area contributed by atoms with Crippen LogP contribution < -0.4 is 15.8 Å². The number of primary amides is 1. The van der Waals surface area contributed by atoms with Crippen LogP contribution in [0.15, 0.2) is 30.5 Å². The third-order valence-corrected chi connectivity index (χ3v) is 5.58. The first kappa shape index (κ1) is 24.4. The Morgan fingerprint density at radius 1 is 1.30 bits per heavy atom. The van der Waals surface area contributed by atoms with Crippen LogP contribution in [0.25, 0.3) is 0 Å². The molecule has 33 heavy (non-hydrogen) atoms. The molecule has 178 valence electrons. The average Bonchev–Trinajstić information content (AvgIpc) is 3.17. The Morgan fingerprint density at radius 2 is 2.00 bits per heavy atom. The number of ether oxygens (including phenoxy) is 2. The topological polar surface area (TPSA) is 104 Å². The highest BCUT2D eigenvalue weighted by atomic mass is 19.4. The number of nitrogens with one attached hydrogen (secondary N) is 1. The van der Waals surface area contributed by atoms with E-state index < -0.39 is 65.8 Å². The second-order valence-corrected chi connectivity index (χ2v) is 7.46. The minimum absolute atomic E-state index is 0.0319. The maximum absolute atomic E-state index is 14.3. The molecule has 1 aromatic carbocycles. The second-order valence-electron chi connectivity index (χ2n) is 7.46. The van der Waals surface area contributed by atoms with Gasteiger partial charge in [0, 0.05) is 23.4 Å². The van der Waals surface area contributed by atoms with E-state index in [1.807, 2.05) is 0 Å². The Hall–Kier alpha value is -3.28. The van der Waals surface area contributed by atoms with E-state index in [1.54, 1.807) is 0 Å². The van der Waals surface area contributed by atoms with Gasteiger partial charge in [0.25, 0.3) is 11.8 Å². The van der Waals surface area contributed by atoms with Crippen LogP contribution in [0, 0.1) is 11.6 Å². The van der Waals surface area contributed by atoms with Crippen LogP contribution in [-0.4, -0.2) is 41.8 Å². The summed E-state index contributed by atoms with van der Waals surface area (Å²) >= 11 is 0. The van der Waals surface area contributed by atoms with Gasteiger partial charge >= 0.3 is 6.18 Å². The zero-order chi connectivity index (χ0) is 24.6. The molecule has 7 nitrogen and oxygen atoms in total. The van der Waals surface area contributed by atoms with Crippen LogP contribution in [0.5, 0.6) is 5.75 Å². The molecule has 3 N–H and O–H groups in total. The second kappa shape index (κ2) is 8.93. The molecule has 2 aromatic rings. The summed E-state index contributed by atoms with van der Waals surface area (Å²) in [5.74, 6) is -6.47. The molecule has 1 aliphatic rings. The lowest BCUT2D eigenvalue weighted by atomic mass is 9.84. The maximum atomic E-state index is 14.3. The normalized spacial score (nSPS) is 22.8. The van der Waals surface area contributed by atoms with Crippen molar-refractivity contribution in [1.29, 1.82) is 0 Å². The highest BCUT2D eigenvalue weighted by molar-refractivity contribution is 5.97. The summed E-state index contributed by atoms with van der Waals surface area (Å²) in [6.45, 7) is 1.25. The molecule has 0 aliphatic carbocycles. The summed E-state index contributed by atoms with van der Waals surface area (Å²) in [7, 11) is 1.03. The molecule has 1 saturated heterocycles. The number of carbonyl (C=O) groups is 2. The van der Waals surface area contributed by atoms with Crippen molar-refractivity contribution in [3.63, 3.8) is 0 Å². The van der Waals surface area contributed by atoms with E-state index in [0.717, 1.165) is 25.3 Å². The van der Waals surface area contributed by atoms with Gasteiger partial charge < -0.3 is 20.5 Å². The van der Waals surface area contributed by atoms with Gasteiger partial charge in [0.2, 0.25) is 5.82 Å². The Balaban J connectivity index is 2.05. The molecule has 1 fully saturated rings. The van der Waals surface area contributed by atoms with E-state index in [4.69, 9.17) is 15.2 Å². The van der Waals surface area contributed by atoms with E-state index in [1.165, 1.54) is 19.2 Å². The summed E-state index contributed by atoms with van der Waals surface area (Å²) < 4.78 is 80.1. The van der Waals surface area contributed by atoms with Crippen molar-refractivity contribution < 1.29 is 41.0 Å². The number of aromatic nitrogens is 1. The number of alkyl halides is 3. The smallest absolute Gasteiger partial charge is 0.417 e. The zero-order valence-electron chi connectivity index (χ0n) is 17.5. The van der Waals surface area contributed by atoms with Crippen molar-refractivity contribution in [1.82, 2.24) is 4.98 Å². The molecule has 0 saturated carbocycles. The van der Waals surface area contributed by atoms with Crippen molar-refractivity contribution in [3.05, 3.63) is 53.4 Å². The Bertz CT molecular complexity index is 1080. The number of hydrogen-bond acceptors (Lipinski definition) is 5. The largest absolute Gasteiger partial charge is 0.493 e. The number of amides is 2. The van der Waals surface area contributed by atoms with Crippen LogP contribution >= 0.6 is 0 Å². The van der Waals surface area contributed by atoms with Gasteiger partial charge in [0.05, 0.1) is 7.11 Å². The van der Waals surface area contributed by atoms with E-state index in [0.29, 0.717) is 0 Å². The number of nitrogens with zero attached hydrogens (tertiary/aromatic N) is 1. The predicted octanol–water partition coefficient (Wildman–Crippen LogP) is 3.69. The van der Waals surface area contributed by atoms with Crippen LogP contribution in [-0.2, 0) is 9.53 Å². The van der Waals surface area contributed by atoms with Crippen molar-refractivity contribution in [2.24, 2.45) is 5.73 Å². The summed E-state index contributed by atoms with van der Waals surface area (Å²) in [6, 6.07) is 4.23. The molecule has 0 radical (unpaired) electrons. The van der Waals surface area contributed by atoms with Crippen molar-refractivity contribution in [2.75, 3.05) is 12.4 Å². The van der Waals surface area contributed by atoms with Gasteiger partial charge in [-0.05, 0) is 31.0 Å². The first-order valence-corrected chi connectivity index (χ1v) is 9.77. The molecule has 0 unspecified atom stereocenters. The van der Waals surface area contributed by atoms with Gasteiger partial charge in [0.15, 0.2) is 17.2 Å². The van der Waals surface area contributed by atoms with Crippen molar-refractivity contribution in [2.45, 2.75) is 43.6 Å². The van der Waals surface area contributed by atoms with E-state index in [9.17, 15) is 31.5 Å². The average molecular weight is 473 g/mol. The predicted molar refractivity (Wildman–Crippen MR) is 106 cm³/mol. The quantitative estimate of drug-likeness (QED) is 0.623. The number of benzene rings is 1. The number of nitrogens with two attached hydrogens (primary N) is 1. The number of methoxy groups -OCH3 is 1. The van der Waals surface area contributed by atoms with Gasteiger partial charge in [-0.25, -0.2) is 4.39 Å². The van der Waals surface area contributed by atoms with Gasteiger partial charge in [0.1, 0.15) is 11.8 Å². The molecule has 0 bridgehead atoms. The summed E-state index contributed by atoms with van der Waals surface area (Å²) in [4.78, 5) is 28.0. The van der Waals surface area contributed by atoms with E-state index in [2.05, 4.69) is 10.3 Å². The Kier molecular flexibility index (Phi) is 6.59. The molecule has 0 spiro atoms. The summed E-state index contributed by atoms with van der Waals surface area (Å²) in [5.41, 5.74) is 2.15. The fourth-order valence-electron chi connectivity index (χ4n) is 3.86. The molecule has 2 heterocycles. The third-order valence-electron chi connectivity index (χ3n) is 5.58. The summed E-state index contributed by atoms with van der Waals surface area (Å²) in [5, 5.41) is 2.37. The highest BCUT2D eigenvalue weighted by Crippen LogP contribution is 2.53. The van der Waals surface area contributed by atoms with Crippen LogP contribution in [0.1, 0.15) is 41.7 Å². The highest BCUT2D eigenvalue weighted by Gasteiger charge is 2.63. The first-order chi connectivity index (χ1) is 15.4. The number of halogens is 5. The van der Waals surface area contributed by atoms with Gasteiger partial charge in [-0.2, -0.15) is 17.6 Å². The SMILES string of the molecule is CC[C@@]1(C(F)(F)F)C[C@@H](c2ccc(F)c(F)c2OC)[C@H](C(=O)Nc2ccnc(C(N)=O)c2)O1. The molecular formula is C21H20F5N3O4. The van der Waals surface area contributed by atoms with Crippen molar-refractivity contribution >= 4 is 17.5 Å². The first-order valence-electron chi connectivity index (χ1n) is 9.77. The lowest BCUT2D eigenvalue weighted by Gasteiger charge is -2.30. The lowest BCUT2D eigenvalue weighted by Crippen LogP contribution is -2.45. The number of anilines is 1. The van der Waals surface area contributed by atoms with Gasteiger partial charge in [-0.3, -0.25) is 14.6 Å². The Morgan fingerprint density at radius 3 is 2.58 bits per heavy atom. The van der Waals surface area contributed by atoms with E-state index in [-0.39, 0.29) is 16.9 Å². The molecular weight excluding hydrogens is 453 g/mol. The molecule has 1 aliphatic heterocycles. The lowest BCUT2D eigenvalue weighted by molar-refractivity contribution is -0.270. The summed E-state index contributed by atoms with van der Waals surface area (Å²) in [6.07, 6.45) is -6.67. The molecule has 1 aromatic heterocycles. The number of carbonyl (C=O) groups excluding carboxylic acids is 2. The zero-order valence-corrected chi connectivity index (χ0v) is 17.5. The standard InChI is InChI=1S/C21H20F5N3O4/c1-3-20(21(24,25)26)9-12(11-4-5-13(22)15(23)16(11)32-2)17(33-20)19(31)29-10-6-7-28-14(8-10)18(27)30/h4-8,12,17H,3,9H2,1-2H3,(H2,27,30)(H,28,29,31)/t12-,17+,20-/m0/s1. The molecule has 3 rings (SSSR count). The van der Waals surface area contributed by atoms with Crippen LogP contribution in [0.3, 0.4) is 0 Å². The Labute approximate surface area is 185 Å². The van der Waals surface area contributed by atoms with Gasteiger partial charge in [-0.1, -0.05) is 13.0 Å². The molecule has 3 atom stereocenters. The van der Waals surface area contributed by atoms with Gasteiger partial charge in [-0.15, -0.1) is 0 Å². The number of hydrogen-bond donors (Lipinski definition) is 2. The minimum Gasteiger partial charge on any atom is -0.493 e. The van der Waals surface area contributed by atoms with Crippen LogP contribution in [0.2, 0.25) is 0 Å².